The molecule has 8 nitrogen and oxygen atoms in total. The van der Waals surface area contributed by atoms with Gasteiger partial charge in [-0.25, -0.2) is 19.4 Å². The molecule has 2 aromatic rings. The zero-order chi connectivity index (χ0) is 17.6. The summed E-state index contributed by atoms with van der Waals surface area (Å²) >= 11 is 0. The molecule has 2 atom stereocenters. The second kappa shape index (κ2) is 7.87. The number of carbonyl (C=O) groups is 2. The van der Waals surface area contributed by atoms with Gasteiger partial charge in [0.05, 0.1) is 0 Å². The van der Waals surface area contributed by atoms with Gasteiger partial charge in [0, 0.05) is 12.2 Å². The van der Waals surface area contributed by atoms with Crippen molar-refractivity contribution in [1.82, 2.24) is 25.1 Å². The molecule has 1 amide bonds. The van der Waals surface area contributed by atoms with Crippen molar-refractivity contribution in [3.05, 3.63) is 36.5 Å². The Morgan fingerprint density at radius 2 is 2.20 bits per heavy atom. The van der Waals surface area contributed by atoms with E-state index in [1.165, 1.54) is 23.8 Å². The van der Waals surface area contributed by atoms with Crippen LogP contribution in [0.2, 0.25) is 0 Å². The van der Waals surface area contributed by atoms with Crippen LogP contribution in [0.1, 0.15) is 43.0 Å². The van der Waals surface area contributed by atoms with Crippen molar-refractivity contribution < 1.29 is 14.3 Å². The quantitative estimate of drug-likeness (QED) is 0.826. The van der Waals surface area contributed by atoms with Crippen LogP contribution in [0.3, 0.4) is 0 Å². The van der Waals surface area contributed by atoms with Gasteiger partial charge in [-0.15, -0.1) is 0 Å². The number of nitrogens with zero attached hydrogens (tertiary/aromatic N) is 4. The van der Waals surface area contributed by atoms with Crippen molar-refractivity contribution in [1.29, 1.82) is 0 Å². The normalized spacial score (nSPS) is 20.0. The van der Waals surface area contributed by atoms with E-state index in [-0.39, 0.29) is 24.1 Å². The zero-order valence-corrected chi connectivity index (χ0v) is 14.1. The molecular formula is C17H21N5O3. The number of esters is 1. The molecule has 3 rings (SSSR count). The molecule has 1 N–H and O–H groups in total. The lowest BCUT2D eigenvalue weighted by molar-refractivity contribution is -0.125. The topological polar surface area (TPSA) is 99.0 Å². The van der Waals surface area contributed by atoms with Crippen molar-refractivity contribution in [3.8, 4) is 5.82 Å². The second-order valence-electron chi connectivity index (χ2n) is 6.23. The Hall–Kier alpha value is -2.77. The summed E-state index contributed by atoms with van der Waals surface area (Å²) < 4.78 is 6.53. The molecule has 2 heterocycles. The first-order valence-electron chi connectivity index (χ1n) is 8.41. The van der Waals surface area contributed by atoms with E-state index in [1.54, 1.807) is 18.3 Å². The Morgan fingerprint density at radius 3 is 2.96 bits per heavy atom. The summed E-state index contributed by atoms with van der Waals surface area (Å²) in [6.45, 7) is 1.82. The minimum absolute atomic E-state index is 0.157. The van der Waals surface area contributed by atoms with E-state index in [9.17, 15) is 9.59 Å². The maximum Gasteiger partial charge on any atom is 0.342 e. The average molecular weight is 343 g/mol. The van der Waals surface area contributed by atoms with Gasteiger partial charge in [0.15, 0.2) is 12.4 Å². The average Bonchev–Trinajstić information content (AvgIpc) is 3.16. The molecule has 1 aliphatic carbocycles. The fraction of sp³-hybridized carbons (Fsp3) is 0.471. The first kappa shape index (κ1) is 17.1. The number of ether oxygens (including phenoxy) is 1. The van der Waals surface area contributed by atoms with E-state index in [0.29, 0.717) is 11.7 Å². The Kier molecular flexibility index (Phi) is 5.37. The molecule has 1 aliphatic rings. The third kappa shape index (κ3) is 4.20. The highest BCUT2D eigenvalue weighted by atomic mass is 16.5. The van der Waals surface area contributed by atoms with Crippen LogP contribution in [-0.2, 0) is 9.53 Å². The van der Waals surface area contributed by atoms with Crippen molar-refractivity contribution in [2.24, 2.45) is 5.92 Å². The maximum atomic E-state index is 12.3. The highest BCUT2D eigenvalue weighted by Gasteiger charge is 2.23. The molecule has 0 spiro atoms. The largest absolute Gasteiger partial charge is 0.452 e. The minimum atomic E-state index is -0.620. The van der Waals surface area contributed by atoms with E-state index in [0.717, 1.165) is 19.3 Å². The number of nitrogens with one attached hydrogen (secondary N) is 1. The zero-order valence-electron chi connectivity index (χ0n) is 14.1. The Morgan fingerprint density at radius 1 is 1.36 bits per heavy atom. The Labute approximate surface area is 145 Å². The lowest BCUT2D eigenvalue weighted by Gasteiger charge is -2.29. The molecule has 1 fully saturated rings. The minimum Gasteiger partial charge on any atom is -0.452 e. The van der Waals surface area contributed by atoms with Crippen LogP contribution in [0.5, 0.6) is 0 Å². The fourth-order valence-corrected chi connectivity index (χ4v) is 3.04. The predicted molar refractivity (Wildman–Crippen MR) is 89.0 cm³/mol. The van der Waals surface area contributed by atoms with Gasteiger partial charge in [0.25, 0.3) is 5.91 Å². The van der Waals surface area contributed by atoms with Gasteiger partial charge in [-0.2, -0.15) is 5.10 Å². The molecule has 2 aromatic heterocycles. The fourth-order valence-electron chi connectivity index (χ4n) is 3.04. The van der Waals surface area contributed by atoms with Crippen molar-refractivity contribution in [2.75, 3.05) is 6.61 Å². The predicted octanol–water partition coefficient (Wildman–Crippen LogP) is 1.51. The number of pyridine rings is 1. The van der Waals surface area contributed by atoms with Crippen LogP contribution < -0.4 is 5.32 Å². The number of rotatable bonds is 5. The van der Waals surface area contributed by atoms with Crippen LogP contribution in [0.4, 0.5) is 0 Å². The summed E-state index contributed by atoms with van der Waals surface area (Å²) in [6.07, 6.45) is 8.74. The highest BCUT2D eigenvalue weighted by molar-refractivity contribution is 5.94. The SMILES string of the molecule is C[C@H]1CCCC[C@@H]1NC(=O)COC(=O)c1cccnc1-n1cncn1. The molecule has 25 heavy (non-hydrogen) atoms. The number of carbonyl (C=O) groups excluding carboxylic acids is 2. The summed E-state index contributed by atoms with van der Waals surface area (Å²) in [4.78, 5) is 32.4. The third-order valence-corrected chi connectivity index (χ3v) is 4.43. The Balaban J connectivity index is 1.59. The second-order valence-corrected chi connectivity index (χ2v) is 6.23. The number of aromatic nitrogens is 4. The van der Waals surface area contributed by atoms with E-state index in [1.807, 2.05) is 0 Å². The molecule has 0 aliphatic heterocycles. The molecule has 0 aromatic carbocycles. The number of hydrogen-bond donors (Lipinski definition) is 1. The highest BCUT2D eigenvalue weighted by Crippen LogP contribution is 2.23. The van der Waals surface area contributed by atoms with Crippen LogP contribution >= 0.6 is 0 Å². The first-order valence-corrected chi connectivity index (χ1v) is 8.41. The lowest BCUT2D eigenvalue weighted by Crippen LogP contribution is -2.42. The maximum absolute atomic E-state index is 12.3. The van der Waals surface area contributed by atoms with Crippen LogP contribution in [0.25, 0.3) is 5.82 Å². The smallest absolute Gasteiger partial charge is 0.342 e. The monoisotopic (exact) mass is 343 g/mol. The molecule has 1 saturated carbocycles. The summed E-state index contributed by atoms with van der Waals surface area (Å²) in [7, 11) is 0. The summed E-state index contributed by atoms with van der Waals surface area (Å²) in [5.74, 6) is -0.138. The van der Waals surface area contributed by atoms with Crippen LogP contribution in [0, 0.1) is 5.92 Å². The van der Waals surface area contributed by atoms with Gasteiger partial charge in [0.2, 0.25) is 0 Å². The summed E-state index contributed by atoms with van der Waals surface area (Å²) in [6, 6.07) is 3.36. The molecule has 0 saturated heterocycles. The number of amides is 1. The van der Waals surface area contributed by atoms with E-state index in [2.05, 4.69) is 27.3 Å². The van der Waals surface area contributed by atoms with Gasteiger partial charge < -0.3 is 10.1 Å². The van der Waals surface area contributed by atoms with Crippen LogP contribution in [0.15, 0.2) is 31.0 Å². The molecule has 0 unspecified atom stereocenters. The standard InChI is InChI=1S/C17H21N5O3/c1-12-5-2-3-7-14(12)21-15(23)9-25-17(24)13-6-4-8-19-16(13)22-11-18-10-20-22/h4,6,8,10-12,14H,2-3,5,7,9H2,1H3,(H,21,23)/t12-,14-/m0/s1. The number of hydrogen-bond acceptors (Lipinski definition) is 6. The molecule has 8 heteroatoms. The van der Waals surface area contributed by atoms with Crippen LogP contribution in [-0.4, -0.2) is 44.3 Å². The van der Waals surface area contributed by atoms with Crippen molar-refractivity contribution in [3.63, 3.8) is 0 Å². The van der Waals surface area contributed by atoms with Gasteiger partial charge in [-0.1, -0.05) is 19.8 Å². The van der Waals surface area contributed by atoms with Gasteiger partial charge in [-0.3, -0.25) is 4.79 Å². The molecule has 132 valence electrons. The molecule has 0 bridgehead atoms. The van der Waals surface area contributed by atoms with Crippen molar-refractivity contribution >= 4 is 11.9 Å². The third-order valence-electron chi connectivity index (χ3n) is 4.43. The van der Waals surface area contributed by atoms with Gasteiger partial charge in [0.1, 0.15) is 18.2 Å². The van der Waals surface area contributed by atoms with Crippen molar-refractivity contribution in [2.45, 2.75) is 38.6 Å². The van der Waals surface area contributed by atoms with Gasteiger partial charge >= 0.3 is 5.97 Å². The summed E-state index contributed by atoms with van der Waals surface area (Å²) in [5.41, 5.74) is 0.229. The van der Waals surface area contributed by atoms with E-state index in [4.69, 9.17) is 4.74 Å². The van der Waals surface area contributed by atoms with Gasteiger partial charge in [-0.05, 0) is 30.9 Å². The first-order chi connectivity index (χ1) is 12.1. The van der Waals surface area contributed by atoms with E-state index < -0.39 is 5.97 Å². The van der Waals surface area contributed by atoms with E-state index >= 15 is 0 Å². The summed E-state index contributed by atoms with van der Waals surface area (Å²) in [5, 5.41) is 6.92. The Bertz CT molecular complexity index is 732. The molecular weight excluding hydrogens is 322 g/mol. The lowest BCUT2D eigenvalue weighted by atomic mass is 9.86. The molecule has 0 radical (unpaired) electrons.